The molecule has 2 rings (SSSR count). The zero-order chi connectivity index (χ0) is 12.3. The molecule has 1 aromatic carbocycles. The molecule has 5 nitrogen and oxygen atoms in total. The van der Waals surface area contributed by atoms with Crippen LogP contribution in [0.25, 0.3) is 0 Å². The van der Waals surface area contributed by atoms with Crippen molar-refractivity contribution in [1.29, 1.82) is 0 Å². The lowest BCUT2D eigenvalue weighted by atomic mass is 10.2. The number of aryl methyl sites for hydroxylation is 1. The minimum Gasteiger partial charge on any atom is -0.486 e. The summed E-state index contributed by atoms with van der Waals surface area (Å²) in [5.74, 6) is 2.35. The molecule has 90 valence electrons. The van der Waals surface area contributed by atoms with Crippen molar-refractivity contribution in [3.8, 4) is 5.75 Å². The lowest BCUT2D eigenvalue weighted by molar-refractivity contribution is 0.291. The summed E-state index contributed by atoms with van der Waals surface area (Å²) in [7, 11) is 1.88. The summed E-state index contributed by atoms with van der Waals surface area (Å²) < 4.78 is 7.48. The number of nitrogens with two attached hydrogens (primary N) is 1. The molecular formula is C12H16N4O. The van der Waals surface area contributed by atoms with Crippen molar-refractivity contribution in [2.75, 3.05) is 0 Å². The summed E-state index contributed by atoms with van der Waals surface area (Å²) in [5.41, 5.74) is 6.73. The molecule has 5 heteroatoms. The predicted molar refractivity (Wildman–Crippen MR) is 64.4 cm³/mol. The molecule has 1 aromatic heterocycles. The normalized spacial score (nSPS) is 10.5. The van der Waals surface area contributed by atoms with Crippen molar-refractivity contribution in [1.82, 2.24) is 14.8 Å². The highest BCUT2D eigenvalue weighted by atomic mass is 16.5. The fourth-order valence-electron chi connectivity index (χ4n) is 1.48. The van der Waals surface area contributed by atoms with E-state index < -0.39 is 0 Å². The molecule has 0 atom stereocenters. The summed E-state index contributed by atoms with van der Waals surface area (Å²) in [4.78, 5) is 0. The van der Waals surface area contributed by atoms with E-state index in [-0.39, 0.29) is 0 Å². The van der Waals surface area contributed by atoms with Crippen molar-refractivity contribution >= 4 is 0 Å². The Morgan fingerprint density at radius 3 is 2.41 bits per heavy atom. The zero-order valence-electron chi connectivity index (χ0n) is 10.1. The first-order chi connectivity index (χ1) is 8.20. The maximum Gasteiger partial charge on any atom is 0.170 e. The molecule has 0 fully saturated rings. The zero-order valence-corrected chi connectivity index (χ0v) is 10.1. The van der Waals surface area contributed by atoms with E-state index in [1.807, 2.05) is 42.8 Å². The van der Waals surface area contributed by atoms with Crippen LogP contribution >= 0.6 is 0 Å². The van der Waals surface area contributed by atoms with Crippen molar-refractivity contribution in [2.24, 2.45) is 12.8 Å². The highest BCUT2D eigenvalue weighted by Gasteiger charge is 2.07. The number of nitrogens with zero attached hydrogens (tertiary/aromatic N) is 3. The summed E-state index contributed by atoms with van der Waals surface area (Å²) in [5, 5.41) is 8.00. The van der Waals surface area contributed by atoms with E-state index in [2.05, 4.69) is 10.2 Å². The largest absolute Gasteiger partial charge is 0.486 e. The molecule has 0 spiro atoms. The van der Waals surface area contributed by atoms with Gasteiger partial charge in [0.05, 0.1) is 6.54 Å². The summed E-state index contributed by atoms with van der Waals surface area (Å²) in [6.45, 7) is 2.82. The predicted octanol–water partition coefficient (Wildman–Crippen LogP) is 1.16. The maximum absolute atomic E-state index is 5.62. The van der Waals surface area contributed by atoms with Gasteiger partial charge >= 0.3 is 0 Å². The van der Waals surface area contributed by atoms with Gasteiger partial charge in [0.1, 0.15) is 18.2 Å². The van der Waals surface area contributed by atoms with Crippen LogP contribution in [-0.2, 0) is 20.2 Å². The van der Waals surface area contributed by atoms with Crippen LogP contribution < -0.4 is 10.5 Å². The standard InChI is InChI=1S/C12H16N4O/c1-9-3-5-10(6-4-9)17-8-12-15-14-11(7-13)16(12)2/h3-6H,7-8,13H2,1-2H3. The highest BCUT2D eigenvalue weighted by Crippen LogP contribution is 2.13. The summed E-state index contributed by atoms with van der Waals surface area (Å²) in [6, 6.07) is 7.90. The Labute approximate surface area is 100 Å². The molecule has 2 N–H and O–H groups in total. The Morgan fingerprint density at radius 2 is 1.82 bits per heavy atom. The minimum absolute atomic E-state index is 0.383. The summed E-state index contributed by atoms with van der Waals surface area (Å²) in [6.07, 6.45) is 0. The van der Waals surface area contributed by atoms with Gasteiger partial charge in [-0.25, -0.2) is 0 Å². The van der Waals surface area contributed by atoms with E-state index in [4.69, 9.17) is 10.5 Å². The molecule has 2 aromatic rings. The van der Waals surface area contributed by atoms with Crippen LogP contribution in [0.5, 0.6) is 5.75 Å². The van der Waals surface area contributed by atoms with Gasteiger partial charge < -0.3 is 15.0 Å². The van der Waals surface area contributed by atoms with Gasteiger partial charge in [-0.2, -0.15) is 0 Å². The smallest absolute Gasteiger partial charge is 0.170 e. The van der Waals surface area contributed by atoms with E-state index in [9.17, 15) is 0 Å². The molecular weight excluding hydrogens is 216 g/mol. The van der Waals surface area contributed by atoms with E-state index in [0.29, 0.717) is 13.2 Å². The Balaban J connectivity index is 2.02. The van der Waals surface area contributed by atoms with Crippen LogP contribution in [0.4, 0.5) is 0 Å². The Hall–Kier alpha value is -1.88. The van der Waals surface area contributed by atoms with Crippen LogP contribution in [0.1, 0.15) is 17.2 Å². The van der Waals surface area contributed by atoms with Crippen molar-refractivity contribution in [3.63, 3.8) is 0 Å². The van der Waals surface area contributed by atoms with Crippen molar-refractivity contribution in [3.05, 3.63) is 41.5 Å². The van der Waals surface area contributed by atoms with E-state index in [0.717, 1.165) is 17.4 Å². The molecule has 17 heavy (non-hydrogen) atoms. The molecule has 0 saturated heterocycles. The fraction of sp³-hybridized carbons (Fsp3) is 0.333. The second-order valence-corrected chi connectivity index (χ2v) is 3.90. The quantitative estimate of drug-likeness (QED) is 0.859. The first-order valence-corrected chi connectivity index (χ1v) is 5.47. The molecule has 0 saturated carbocycles. The highest BCUT2D eigenvalue weighted by molar-refractivity contribution is 5.26. The van der Waals surface area contributed by atoms with E-state index in [1.54, 1.807) is 0 Å². The van der Waals surface area contributed by atoms with E-state index in [1.165, 1.54) is 5.56 Å². The number of rotatable bonds is 4. The first-order valence-electron chi connectivity index (χ1n) is 5.47. The van der Waals surface area contributed by atoms with Gasteiger partial charge in [-0.15, -0.1) is 10.2 Å². The van der Waals surface area contributed by atoms with Crippen LogP contribution in [0.2, 0.25) is 0 Å². The molecule has 1 heterocycles. The second-order valence-electron chi connectivity index (χ2n) is 3.90. The summed E-state index contributed by atoms with van der Waals surface area (Å²) >= 11 is 0. The average Bonchev–Trinajstić information content (AvgIpc) is 2.69. The van der Waals surface area contributed by atoms with Crippen LogP contribution in [0, 0.1) is 6.92 Å². The van der Waals surface area contributed by atoms with E-state index >= 15 is 0 Å². The fourth-order valence-corrected chi connectivity index (χ4v) is 1.48. The van der Waals surface area contributed by atoms with Crippen molar-refractivity contribution < 1.29 is 4.74 Å². The molecule has 0 radical (unpaired) electrons. The van der Waals surface area contributed by atoms with Gasteiger partial charge in [-0.3, -0.25) is 0 Å². The number of ether oxygens (including phenoxy) is 1. The molecule has 0 aliphatic heterocycles. The number of aromatic nitrogens is 3. The average molecular weight is 232 g/mol. The number of hydrogen-bond acceptors (Lipinski definition) is 4. The monoisotopic (exact) mass is 232 g/mol. The Morgan fingerprint density at radius 1 is 1.18 bits per heavy atom. The van der Waals surface area contributed by atoms with Gasteiger partial charge in [-0.1, -0.05) is 17.7 Å². The molecule has 0 aliphatic rings. The first kappa shape index (κ1) is 11.6. The Bertz CT molecular complexity index is 490. The molecule has 0 unspecified atom stereocenters. The van der Waals surface area contributed by atoms with Crippen LogP contribution in [-0.4, -0.2) is 14.8 Å². The third-order valence-corrected chi connectivity index (χ3v) is 2.63. The topological polar surface area (TPSA) is 66.0 Å². The van der Waals surface area contributed by atoms with Gasteiger partial charge in [0.25, 0.3) is 0 Å². The minimum atomic E-state index is 0.383. The van der Waals surface area contributed by atoms with Gasteiger partial charge in [0, 0.05) is 7.05 Å². The van der Waals surface area contributed by atoms with Gasteiger partial charge in [0.2, 0.25) is 0 Å². The maximum atomic E-state index is 5.62. The lowest BCUT2D eigenvalue weighted by Crippen LogP contribution is -2.08. The lowest BCUT2D eigenvalue weighted by Gasteiger charge is -2.06. The van der Waals surface area contributed by atoms with Crippen LogP contribution in [0.15, 0.2) is 24.3 Å². The second kappa shape index (κ2) is 4.97. The molecule has 0 aliphatic carbocycles. The molecule has 0 bridgehead atoms. The third-order valence-electron chi connectivity index (χ3n) is 2.63. The number of hydrogen-bond donors (Lipinski definition) is 1. The third kappa shape index (κ3) is 2.62. The Kier molecular flexibility index (Phi) is 3.39. The van der Waals surface area contributed by atoms with Gasteiger partial charge in [0.15, 0.2) is 5.82 Å². The van der Waals surface area contributed by atoms with Crippen LogP contribution in [0.3, 0.4) is 0 Å². The number of benzene rings is 1. The molecule has 0 amide bonds. The SMILES string of the molecule is Cc1ccc(OCc2nnc(CN)n2C)cc1. The van der Waals surface area contributed by atoms with Gasteiger partial charge in [-0.05, 0) is 19.1 Å². The van der Waals surface area contributed by atoms with Crippen molar-refractivity contribution in [2.45, 2.75) is 20.1 Å².